The van der Waals surface area contributed by atoms with E-state index in [4.69, 9.17) is 5.11 Å². The van der Waals surface area contributed by atoms with Crippen molar-refractivity contribution in [3.63, 3.8) is 0 Å². The highest BCUT2D eigenvalue weighted by atomic mass is 32.2. The predicted octanol–water partition coefficient (Wildman–Crippen LogP) is -1.35. The Labute approximate surface area is 100 Å². The van der Waals surface area contributed by atoms with Gasteiger partial charge in [-0.15, -0.1) is 0 Å². The van der Waals surface area contributed by atoms with Gasteiger partial charge in [0.2, 0.25) is 10.0 Å². The standard InChI is InChI=1S/C8H17N3O5S/c1-3-10-17(15,16)5-4-9-8(14)11(2)6-7(12)13/h10H,3-6H2,1-2H3,(H,9,14)(H,12,13). The van der Waals surface area contributed by atoms with Crippen LogP contribution in [-0.2, 0) is 14.8 Å². The van der Waals surface area contributed by atoms with Gasteiger partial charge in [0, 0.05) is 20.1 Å². The number of carboxylic acid groups (broad SMARTS) is 1. The Morgan fingerprint density at radius 3 is 2.41 bits per heavy atom. The largest absolute Gasteiger partial charge is 0.480 e. The van der Waals surface area contributed by atoms with Crippen LogP contribution in [0, 0.1) is 0 Å². The van der Waals surface area contributed by atoms with Crippen molar-refractivity contribution in [2.24, 2.45) is 0 Å². The molecule has 0 rings (SSSR count). The summed E-state index contributed by atoms with van der Waals surface area (Å²) in [6, 6.07) is -0.626. The lowest BCUT2D eigenvalue weighted by Gasteiger charge is -2.15. The number of aliphatic carboxylic acids is 1. The molecule has 3 N–H and O–H groups in total. The minimum absolute atomic E-state index is 0.0713. The summed E-state index contributed by atoms with van der Waals surface area (Å²) < 4.78 is 24.6. The van der Waals surface area contributed by atoms with Crippen LogP contribution in [0.2, 0.25) is 0 Å². The van der Waals surface area contributed by atoms with E-state index in [1.807, 2.05) is 0 Å². The van der Waals surface area contributed by atoms with Crippen LogP contribution in [0.4, 0.5) is 4.79 Å². The molecule has 9 heteroatoms. The van der Waals surface area contributed by atoms with E-state index in [2.05, 4.69) is 10.0 Å². The van der Waals surface area contributed by atoms with Crippen LogP contribution in [0.25, 0.3) is 0 Å². The molecule has 0 aromatic heterocycles. The molecule has 0 heterocycles. The Bertz CT molecular complexity index is 367. The van der Waals surface area contributed by atoms with Crippen molar-refractivity contribution < 1.29 is 23.1 Å². The molecule has 0 unspecified atom stereocenters. The van der Waals surface area contributed by atoms with Gasteiger partial charge in [-0.2, -0.15) is 0 Å². The van der Waals surface area contributed by atoms with E-state index in [9.17, 15) is 18.0 Å². The van der Waals surface area contributed by atoms with E-state index in [0.29, 0.717) is 0 Å². The molecule has 0 radical (unpaired) electrons. The topological polar surface area (TPSA) is 116 Å². The van der Waals surface area contributed by atoms with Crippen LogP contribution in [0.1, 0.15) is 6.92 Å². The quantitative estimate of drug-likeness (QED) is 0.527. The molecule has 0 saturated heterocycles. The number of hydrogen-bond acceptors (Lipinski definition) is 4. The summed E-state index contributed by atoms with van der Waals surface area (Å²) in [5.74, 6) is -1.38. The lowest BCUT2D eigenvalue weighted by Crippen LogP contribution is -2.42. The average Bonchev–Trinajstić information content (AvgIpc) is 2.15. The van der Waals surface area contributed by atoms with Crippen molar-refractivity contribution in [2.45, 2.75) is 6.92 Å². The monoisotopic (exact) mass is 267 g/mol. The first-order valence-electron chi connectivity index (χ1n) is 4.96. The Hall–Kier alpha value is -1.35. The third kappa shape index (κ3) is 7.53. The van der Waals surface area contributed by atoms with Crippen LogP contribution in [0.15, 0.2) is 0 Å². The minimum Gasteiger partial charge on any atom is -0.480 e. The van der Waals surface area contributed by atoms with Gasteiger partial charge < -0.3 is 15.3 Å². The molecule has 0 fully saturated rings. The molecule has 0 bridgehead atoms. The molecule has 0 saturated carbocycles. The Morgan fingerprint density at radius 2 is 1.94 bits per heavy atom. The Balaban J connectivity index is 3.97. The first kappa shape index (κ1) is 15.7. The van der Waals surface area contributed by atoms with Gasteiger partial charge in [-0.3, -0.25) is 4.79 Å². The first-order valence-corrected chi connectivity index (χ1v) is 6.62. The van der Waals surface area contributed by atoms with E-state index in [1.54, 1.807) is 6.92 Å². The zero-order valence-corrected chi connectivity index (χ0v) is 10.6. The Kier molecular flexibility index (Phi) is 6.51. The summed E-state index contributed by atoms with van der Waals surface area (Å²) in [6.45, 7) is 1.43. The van der Waals surface area contributed by atoms with Crippen LogP contribution < -0.4 is 10.0 Å². The number of urea groups is 1. The number of amides is 2. The second kappa shape index (κ2) is 7.07. The summed E-state index contributed by atoms with van der Waals surface area (Å²) in [7, 11) is -2.07. The second-order valence-corrected chi connectivity index (χ2v) is 5.22. The first-order chi connectivity index (χ1) is 7.78. The van der Waals surface area contributed by atoms with Crippen LogP contribution >= 0.6 is 0 Å². The fraction of sp³-hybridized carbons (Fsp3) is 0.750. The number of likely N-dealkylation sites (N-methyl/N-ethyl adjacent to an activating group) is 1. The summed E-state index contributed by atoms with van der Waals surface area (Å²) in [5, 5.41) is 10.7. The maximum absolute atomic E-state index is 11.3. The van der Waals surface area contributed by atoms with Gasteiger partial charge in [-0.25, -0.2) is 17.9 Å². The molecular weight excluding hydrogens is 250 g/mol. The summed E-state index contributed by atoms with van der Waals surface area (Å²) >= 11 is 0. The molecule has 0 spiro atoms. The number of carboxylic acids is 1. The van der Waals surface area contributed by atoms with Gasteiger partial charge in [0.15, 0.2) is 0 Å². The highest BCUT2D eigenvalue weighted by Gasteiger charge is 2.13. The average molecular weight is 267 g/mol. The Morgan fingerprint density at radius 1 is 1.35 bits per heavy atom. The lowest BCUT2D eigenvalue weighted by molar-refractivity contribution is -0.137. The molecule has 0 aromatic carbocycles. The maximum Gasteiger partial charge on any atom is 0.323 e. The number of sulfonamides is 1. The number of nitrogens with zero attached hydrogens (tertiary/aromatic N) is 1. The third-order valence-corrected chi connectivity index (χ3v) is 3.20. The number of carbonyl (C=O) groups is 2. The molecule has 0 aromatic rings. The zero-order valence-electron chi connectivity index (χ0n) is 9.76. The predicted molar refractivity (Wildman–Crippen MR) is 61.1 cm³/mol. The lowest BCUT2D eigenvalue weighted by atomic mass is 10.6. The van der Waals surface area contributed by atoms with Gasteiger partial charge in [-0.05, 0) is 0 Å². The van der Waals surface area contributed by atoms with E-state index in [1.165, 1.54) is 7.05 Å². The molecule has 0 atom stereocenters. The van der Waals surface area contributed by atoms with Crippen molar-refractivity contribution in [3.8, 4) is 0 Å². The van der Waals surface area contributed by atoms with Gasteiger partial charge in [0.25, 0.3) is 0 Å². The maximum atomic E-state index is 11.3. The number of carbonyl (C=O) groups excluding carboxylic acids is 1. The number of hydrogen-bond donors (Lipinski definition) is 3. The van der Waals surface area contributed by atoms with Crippen LogP contribution in [-0.4, -0.2) is 62.9 Å². The molecule has 0 aliphatic carbocycles. The number of nitrogens with one attached hydrogen (secondary N) is 2. The molecular formula is C8H17N3O5S. The van der Waals surface area contributed by atoms with Gasteiger partial charge in [-0.1, -0.05) is 6.92 Å². The second-order valence-electron chi connectivity index (χ2n) is 3.30. The van der Waals surface area contributed by atoms with Crippen molar-refractivity contribution in [1.82, 2.24) is 14.9 Å². The summed E-state index contributed by atoms with van der Waals surface area (Å²) in [4.78, 5) is 22.5. The third-order valence-electron chi connectivity index (χ3n) is 1.73. The smallest absolute Gasteiger partial charge is 0.323 e. The molecule has 8 nitrogen and oxygen atoms in total. The van der Waals surface area contributed by atoms with Crippen LogP contribution in [0.5, 0.6) is 0 Å². The summed E-state index contributed by atoms with van der Waals surface area (Å²) in [6.07, 6.45) is 0. The SMILES string of the molecule is CCNS(=O)(=O)CCNC(=O)N(C)CC(=O)O. The van der Waals surface area contributed by atoms with Gasteiger partial charge >= 0.3 is 12.0 Å². The highest BCUT2D eigenvalue weighted by Crippen LogP contribution is 1.86. The van der Waals surface area contributed by atoms with Crippen molar-refractivity contribution in [1.29, 1.82) is 0 Å². The molecule has 0 aliphatic rings. The highest BCUT2D eigenvalue weighted by molar-refractivity contribution is 7.89. The van der Waals surface area contributed by atoms with E-state index >= 15 is 0 Å². The molecule has 0 aliphatic heterocycles. The molecule has 17 heavy (non-hydrogen) atoms. The van der Waals surface area contributed by atoms with E-state index in [0.717, 1.165) is 4.90 Å². The zero-order chi connectivity index (χ0) is 13.5. The van der Waals surface area contributed by atoms with Crippen LogP contribution in [0.3, 0.4) is 0 Å². The van der Waals surface area contributed by atoms with Crippen molar-refractivity contribution in [2.75, 3.05) is 32.4 Å². The minimum atomic E-state index is -3.38. The van der Waals surface area contributed by atoms with E-state index < -0.39 is 28.6 Å². The van der Waals surface area contributed by atoms with Crippen molar-refractivity contribution in [3.05, 3.63) is 0 Å². The summed E-state index contributed by atoms with van der Waals surface area (Å²) in [5.41, 5.74) is 0. The fourth-order valence-electron chi connectivity index (χ4n) is 0.994. The van der Waals surface area contributed by atoms with E-state index in [-0.39, 0.29) is 18.8 Å². The molecule has 100 valence electrons. The van der Waals surface area contributed by atoms with Gasteiger partial charge in [0.05, 0.1) is 5.75 Å². The molecule has 2 amide bonds. The normalized spacial score (nSPS) is 10.9. The van der Waals surface area contributed by atoms with Crippen molar-refractivity contribution >= 4 is 22.0 Å². The van der Waals surface area contributed by atoms with Gasteiger partial charge in [0.1, 0.15) is 6.54 Å². The fourth-order valence-corrected chi connectivity index (χ4v) is 1.95. The number of rotatable bonds is 7.